The van der Waals surface area contributed by atoms with Crippen molar-refractivity contribution in [3.8, 4) is 0 Å². The second-order valence-electron chi connectivity index (χ2n) is 6.98. The molecule has 2 amide bonds. The third kappa shape index (κ3) is 4.98. The first kappa shape index (κ1) is 17.8. The zero-order valence-electron chi connectivity index (χ0n) is 15.2. The lowest BCUT2D eigenvalue weighted by molar-refractivity contribution is 0.144. The summed E-state index contributed by atoms with van der Waals surface area (Å²) in [6.07, 6.45) is 6.20. The molecule has 1 fully saturated rings. The zero-order valence-corrected chi connectivity index (χ0v) is 15.2. The fourth-order valence-electron chi connectivity index (χ4n) is 3.62. The van der Waals surface area contributed by atoms with Crippen molar-refractivity contribution < 1.29 is 4.79 Å². The van der Waals surface area contributed by atoms with Gasteiger partial charge in [-0.1, -0.05) is 38.0 Å². The normalized spacial score (nSPS) is 18.4. The second-order valence-corrected chi connectivity index (χ2v) is 6.98. The average Bonchev–Trinajstić information content (AvgIpc) is 3.06. The number of para-hydroxylation sites is 1. The van der Waals surface area contributed by atoms with Gasteiger partial charge in [0, 0.05) is 23.8 Å². The number of nitrogens with zero attached hydrogens (tertiary/aromatic N) is 1. The monoisotopic (exact) mass is 342 g/mol. The molecule has 0 saturated carbocycles. The van der Waals surface area contributed by atoms with Crippen LogP contribution < -0.4 is 10.6 Å². The highest BCUT2D eigenvalue weighted by Gasteiger charge is 2.22. The second kappa shape index (κ2) is 8.90. The average molecular weight is 342 g/mol. The summed E-state index contributed by atoms with van der Waals surface area (Å²) in [6, 6.07) is 10.6. The Morgan fingerprint density at radius 3 is 3.00 bits per heavy atom. The number of urea groups is 1. The fraction of sp³-hybridized carbons (Fsp3) is 0.550. The summed E-state index contributed by atoms with van der Waals surface area (Å²) in [4.78, 5) is 18.0. The van der Waals surface area contributed by atoms with Crippen LogP contribution >= 0.6 is 0 Å². The topological polar surface area (TPSA) is 60.2 Å². The van der Waals surface area contributed by atoms with Crippen molar-refractivity contribution >= 4 is 16.9 Å². The third-order valence-corrected chi connectivity index (χ3v) is 5.07. The van der Waals surface area contributed by atoms with E-state index in [9.17, 15) is 4.79 Å². The van der Waals surface area contributed by atoms with Gasteiger partial charge in [0.2, 0.25) is 0 Å². The number of hydrogen-bond donors (Lipinski definition) is 3. The number of aromatic nitrogens is 1. The molecule has 5 heteroatoms. The number of benzene rings is 1. The molecule has 1 aliphatic heterocycles. The predicted molar refractivity (Wildman–Crippen MR) is 103 cm³/mol. The molecule has 25 heavy (non-hydrogen) atoms. The van der Waals surface area contributed by atoms with Crippen LogP contribution in [0.25, 0.3) is 10.9 Å². The van der Waals surface area contributed by atoms with Gasteiger partial charge in [0.1, 0.15) is 0 Å². The SMILES string of the molecule is CCCCN1CCCCC1CNC(=O)NCc1cc2ccccc2[nH]1. The highest BCUT2D eigenvalue weighted by Crippen LogP contribution is 2.17. The predicted octanol–water partition coefficient (Wildman–Crippen LogP) is 3.62. The van der Waals surface area contributed by atoms with Crippen LogP contribution in [-0.4, -0.2) is 41.6 Å². The number of fused-ring (bicyclic) bond motifs is 1. The molecule has 0 spiro atoms. The number of aromatic amines is 1. The molecule has 2 aromatic rings. The van der Waals surface area contributed by atoms with Gasteiger partial charge in [-0.05, 0) is 49.9 Å². The Bertz CT molecular complexity index is 648. The van der Waals surface area contributed by atoms with Crippen molar-refractivity contribution in [3.63, 3.8) is 0 Å². The van der Waals surface area contributed by atoms with E-state index in [4.69, 9.17) is 0 Å². The standard InChI is InChI=1S/C20H30N4O/c1-2-3-11-24-12-7-6-9-18(24)15-22-20(25)21-14-17-13-16-8-4-5-10-19(16)23-17/h4-5,8,10,13,18,23H,2-3,6-7,9,11-12,14-15H2,1H3,(H2,21,22,25). The highest BCUT2D eigenvalue weighted by molar-refractivity contribution is 5.80. The van der Waals surface area contributed by atoms with E-state index in [-0.39, 0.29) is 6.03 Å². The van der Waals surface area contributed by atoms with Crippen molar-refractivity contribution in [2.24, 2.45) is 0 Å². The molecule has 3 N–H and O–H groups in total. The highest BCUT2D eigenvalue weighted by atomic mass is 16.2. The van der Waals surface area contributed by atoms with E-state index in [2.05, 4.69) is 39.6 Å². The Labute approximate surface area is 150 Å². The van der Waals surface area contributed by atoms with Crippen LogP contribution in [-0.2, 0) is 6.54 Å². The molecule has 0 bridgehead atoms. The van der Waals surface area contributed by atoms with Crippen LogP contribution in [0.2, 0.25) is 0 Å². The minimum absolute atomic E-state index is 0.0836. The molecule has 1 aromatic carbocycles. The third-order valence-electron chi connectivity index (χ3n) is 5.07. The number of H-pyrrole nitrogens is 1. The number of likely N-dealkylation sites (tertiary alicyclic amines) is 1. The molecule has 0 radical (unpaired) electrons. The number of rotatable bonds is 7. The molecule has 1 aliphatic rings. The molecule has 0 aliphatic carbocycles. The van der Waals surface area contributed by atoms with Crippen molar-refractivity contribution in [1.82, 2.24) is 20.5 Å². The molecule has 3 rings (SSSR count). The van der Waals surface area contributed by atoms with Gasteiger partial charge in [-0.3, -0.25) is 4.90 Å². The van der Waals surface area contributed by atoms with E-state index in [1.54, 1.807) is 0 Å². The maximum atomic E-state index is 12.1. The molecular formula is C20H30N4O. The van der Waals surface area contributed by atoms with Gasteiger partial charge in [-0.15, -0.1) is 0 Å². The van der Waals surface area contributed by atoms with E-state index in [0.29, 0.717) is 12.6 Å². The first-order valence-electron chi connectivity index (χ1n) is 9.58. The summed E-state index contributed by atoms with van der Waals surface area (Å²) < 4.78 is 0. The summed E-state index contributed by atoms with van der Waals surface area (Å²) >= 11 is 0. The van der Waals surface area contributed by atoms with E-state index in [1.165, 1.54) is 44.0 Å². The van der Waals surface area contributed by atoms with E-state index >= 15 is 0 Å². The van der Waals surface area contributed by atoms with Gasteiger partial charge >= 0.3 is 6.03 Å². The maximum Gasteiger partial charge on any atom is 0.315 e. The van der Waals surface area contributed by atoms with Gasteiger partial charge in [-0.25, -0.2) is 4.79 Å². The number of unbranched alkanes of at least 4 members (excludes halogenated alkanes) is 1. The van der Waals surface area contributed by atoms with Crippen molar-refractivity contribution in [2.75, 3.05) is 19.6 Å². The lowest BCUT2D eigenvalue weighted by atomic mass is 10.0. The number of piperidine rings is 1. The Hall–Kier alpha value is -2.01. The summed E-state index contributed by atoms with van der Waals surface area (Å²) in [6.45, 7) is 5.81. The minimum atomic E-state index is -0.0836. The summed E-state index contributed by atoms with van der Waals surface area (Å²) in [5, 5.41) is 7.19. The molecule has 136 valence electrons. The van der Waals surface area contributed by atoms with Gasteiger partial charge in [0.05, 0.1) is 6.54 Å². The molecule has 2 heterocycles. The van der Waals surface area contributed by atoms with Crippen LogP contribution in [0, 0.1) is 0 Å². The van der Waals surface area contributed by atoms with Crippen LogP contribution in [0.4, 0.5) is 4.79 Å². The van der Waals surface area contributed by atoms with E-state index < -0.39 is 0 Å². The number of carbonyl (C=O) groups excluding carboxylic acids is 1. The molecule has 5 nitrogen and oxygen atoms in total. The first-order chi connectivity index (χ1) is 12.3. The first-order valence-corrected chi connectivity index (χ1v) is 9.58. The molecule has 1 saturated heterocycles. The van der Waals surface area contributed by atoms with E-state index in [0.717, 1.165) is 24.3 Å². The number of carbonyl (C=O) groups is 1. The Balaban J connectivity index is 1.43. The van der Waals surface area contributed by atoms with Gasteiger partial charge in [-0.2, -0.15) is 0 Å². The summed E-state index contributed by atoms with van der Waals surface area (Å²) in [7, 11) is 0. The molecular weight excluding hydrogens is 312 g/mol. The Morgan fingerprint density at radius 2 is 2.16 bits per heavy atom. The van der Waals surface area contributed by atoms with Gasteiger partial charge in [0.15, 0.2) is 0 Å². The lowest BCUT2D eigenvalue weighted by Gasteiger charge is -2.35. The number of nitrogens with one attached hydrogen (secondary N) is 3. The lowest BCUT2D eigenvalue weighted by Crippen LogP contribution is -2.48. The Morgan fingerprint density at radius 1 is 1.28 bits per heavy atom. The molecule has 1 unspecified atom stereocenters. The molecule has 1 atom stereocenters. The van der Waals surface area contributed by atoms with Crippen molar-refractivity contribution in [1.29, 1.82) is 0 Å². The largest absolute Gasteiger partial charge is 0.357 e. The summed E-state index contributed by atoms with van der Waals surface area (Å²) in [5.74, 6) is 0. The maximum absolute atomic E-state index is 12.1. The van der Waals surface area contributed by atoms with Crippen molar-refractivity contribution in [2.45, 2.75) is 51.6 Å². The van der Waals surface area contributed by atoms with E-state index in [1.807, 2.05) is 18.2 Å². The Kier molecular flexibility index (Phi) is 6.34. The quantitative estimate of drug-likeness (QED) is 0.720. The van der Waals surface area contributed by atoms with Crippen LogP contribution in [0.3, 0.4) is 0 Å². The smallest absolute Gasteiger partial charge is 0.315 e. The fourth-order valence-corrected chi connectivity index (χ4v) is 3.62. The molecule has 1 aromatic heterocycles. The van der Waals surface area contributed by atoms with Gasteiger partial charge in [0.25, 0.3) is 0 Å². The zero-order chi connectivity index (χ0) is 17.5. The van der Waals surface area contributed by atoms with Crippen LogP contribution in [0.1, 0.15) is 44.7 Å². The number of amides is 2. The summed E-state index contributed by atoms with van der Waals surface area (Å²) in [5.41, 5.74) is 2.13. The van der Waals surface area contributed by atoms with Crippen LogP contribution in [0.5, 0.6) is 0 Å². The minimum Gasteiger partial charge on any atom is -0.357 e. The number of hydrogen-bond acceptors (Lipinski definition) is 2. The van der Waals surface area contributed by atoms with Crippen molar-refractivity contribution in [3.05, 3.63) is 36.0 Å². The van der Waals surface area contributed by atoms with Crippen LogP contribution in [0.15, 0.2) is 30.3 Å². The van der Waals surface area contributed by atoms with Gasteiger partial charge < -0.3 is 15.6 Å².